The van der Waals surface area contributed by atoms with Gasteiger partial charge in [0.1, 0.15) is 5.82 Å². The molecule has 1 aromatic rings. The lowest BCUT2D eigenvalue weighted by atomic mass is 10.4. The standard InChI is InChI=1S/C7H10ClN3.ClH/c8-4-3-6-9-7(11-10-6)5-1-2-5;/h5H,1-4H2,(H,9,10,11);1H. The quantitative estimate of drug-likeness (QED) is 0.770. The molecule has 1 N–H and O–H groups in total. The summed E-state index contributed by atoms with van der Waals surface area (Å²) in [5.41, 5.74) is 0. The summed E-state index contributed by atoms with van der Waals surface area (Å²) in [6, 6.07) is 0. The van der Waals surface area contributed by atoms with Crippen molar-refractivity contribution >= 4 is 24.0 Å². The molecule has 1 saturated carbocycles. The van der Waals surface area contributed by atoms with Crippen molar-refractivity contribution in [3.8, 4) is 0 Å². The van der Waals surface area contributed by atoms with Gasteiger partial charge in [-0.1, -0.05) is 0 Å². The molecule has 0 saturated heterocycles. The summed E-state index contributed by atoms with van der Waals surface area (Å²) in [6.45, 7) is 0. The second-order valence-electron chi connectivity index (χ2n) is 2.85. The SMILES string of the molecule is Cl.ClCCc1nc(C2CC2)n[nH]1. The first-order valence-corrected chi connectivity index (χ1v) is 4.40. The summed E-state index contributed by atoms with van der Waals surface area (Å²) in [4.78, 5) is 4.31. The van der Waals surface area contributed by atoms with E-state index in [9.17, 15) is 0 Å². The molecule has 0 amide bonds. The van der Waals surface area contributed by atoms with Crippen LogP contribution in [-0.4, -0.2) is 21.1 Å². The van der Waals surface area contributed by atoms with Crippen LogP contribution in [0.1, 0.15) is 30.4 Å². The van der Waals surface area contributed by atoms with E-state index in [2.05, 4.69) is 15.2 Å². The predicted molar refractivity (Wildman–Crippen MR) is 50.0 cm³/mol. The van der Waals surface area contributed by atoms with Crippen LogP contribution in [0.5, 0.6) is 0 Å². The lowest BCUT2D eigenvalue weighted by Crippen LogP contribution is -1.88. The van der Waals surface area contributed by atoms with Gasteiger partial charge in [-0.3, -0.25) is 5.10 Å². The maximum Gasteiger partial charge on any atom is 0.153 e. The Morgan fingerprint density at radius 2 is 2.25 bits per heavy atom. The third kappa shape index (κ3) is 2.11. The van der Waals surface area contributed by atoms with E-state index in [-0.39, 0.29) is 12.4 Å². The smallest absolute Gasteiger partial charge is 0.153 e. The zero-order chi connectivity index (χ0) is 7.68. The van der Waals surface area contributed by atoms with E-state index >= 15 is 0 Å². The van der Waals surface area contributed by atoms with Crippen LogP contribution in [0.25, 0.3) is 0 Å². The average molecular weight is 208 g/mol. The number of nitrogens with one attached hydrogen (secondary N) is 1. The number of rotatable bonds is 3. The molecule has 68 valence electrons. The zero-order valence-corrected chi connectivity index (χ0v) is 8.16. The number of H-pyrrole nitrogens is 1. The van der Waals surface area contributed by atoms with Gasteiger partial charge < -0.3 is 0 Å². The van der Waals surface area contributed by atoms with Crippen LogP contribution in [-0.2, 0) is 6.42 Å². The summed E-state index contributed by atoms with van der Waals surface area (Å²) in [7, 11) is 0. The van der Waals surface area contributed by atoms with E-state index < -0.39 is 0 Å². The normalized spacial score (nSPS) is 15.8. The van der Waals surface area contributed by atoms with Crippen LogP contribution >= 0.6 is 24.0 Å². The maximum absolute atomic E-state index is 5.55. The maximum atomic E-state index is 5.55. The van der Waals surface area contributed by atoms with Crippen LogP contribution in [0.4, 0.5) is 0 Å². The van der Waals surface area contributed by atoms with Gasteiger partial charge in [-0.2, -0.15) is 5.10 Å². The van der Waals surface area contributed by atoms with Gasteiger partial charge >= 0.3 is 0 Å². The molecule has 12 heavy (non-hydrogen) atoms. The van der Waals surface area contributed by atoms with Crippen LogP contribution < -0.4 is 0 Å². The molecule has 3 nitrogen and oxygen atoms in total. The fourth-order valence-electron chi connectivity index (χ4n) is 1.04. The Morgan fingerprint density at radius 1 is 1.50 bits per heavy atom. The first-order valence-electron chi connectivity index (χ1n) is 3.87. The first-order chi connectivity index (χ1) is 5.40. The molecule has 0 spiro atoms. The second kappa shape index (κ2) is 4.10. The number of aryl methyl sites for hydroxylation is 1. The molecule has 5 heteroatoms. The third-order valence-electron chi connectivity index (χ3n) is 1.82. The van der Waals surface area contributed by atoms with E-state index in [0.29, 0.717) is 11.8 Å². The van der Waals surface area contributed by atoms with Gasteiger partial charge in [0.05, 0.1) is 0 Å². The summed E-state index contributed by atoms with van der Waals surface area (Å²) in [6.07, 6.45) is 3.29. The Labute approximate surface area is 82.3 Å². The Kier molecular flexibility index (Phi) is 3.35. The molecule has 0 bridgehead atoms. The van der Waals surface area contributed by atoms with Crippen molar-refractivity contribution in [3.05, 3.63) is 11.6 Å². The number of hydrogen-bond acceptors (Lipinski definition) is 2. The molecule has 0 unspecified atom stereocenters. The van der Waals surface area contributed by atoms with Crippen molar-refractivity contribution in [3.63, 3.8) is 0 Å². The van der Waals surface area contributed by atoms with Gasteiger partial charge in [0.2, 0.25) is 0 Å². The monoisotopic (exact) mass is 207 g/mol. The summed E-state index contributed by atoms with van der Waals surface area (Å²) in [5, 5.41) is 6.98. The molecule has 1 fully saturated rings. The second-order valence-corrected chi connectivity index (χ2v) is 3.23. The van der Waals surface area contributed by atoms with Crippen molar-refractivity contribution in [2.75, 3.05) is 5.88 Å². The largest absolute Gasteiger partial charge is 0.263 e. The molecule has 0 atom stereocenters. The highest BCUT2D eigenvalue weighted by atomic mass is 35.5. The zero-order valence-electron chi connectivity index (χ0n) is 6.59. The summed E-state index contributed by atoms with van der Waals surface area (Å²) >= 11 is 5.55. The molecular weight excluding hydrogens is 197 g/mol. The van der Waals surface area contributed by atoms with Gasteiger partial charge in [0.15, 0.2) is 5.82 Å². The lowest BCUT2D eigenvalue weighted by Gasteiger charge is -1.85. The van der Waals surface area contributed by atoms with E-state index in [1.54, 1.807) is 0 Å². The number of aromatic nitrogens is 3. The van der Waals surface area contributed by atoms with Crippen molar-refractivity contribution < 1.29 is 0 Å². The van der Waals surface area contributed by atoms with Gasteiger partial charge in [0.25, 0.3) is 0 Å². The van der Waals surface area contributed by atoms with Crippen LogP contribution in [0.2, 0.25) is 0 Å². The Bertz CT molecular complexity index is 245. The van der Waals surface area contributed by atoms with Crippen molar-refractivity contribution in [1.82, 2.24) is 15.2 Å². The Morgan fingerprint density at radius 3 is 2.83 bits per heavy atom. The topological polar surface area (TPSA) is 41.6 Å². The highest BCUT2D eigenvalue weighted by Crippen LogP contribution is 2.37. The molecule has 1 aromatic heterocycles. The molecule has 0 aromatic carbocycles. The first kappa shape index (κ1) is 9.81. The summed E-state index contributed by atoms with van der Waals surface area (Å²) < 4.78 is 0. The number of nitrogens with zero attached hydrogens (tertiary/aromatic N) is 2. The Balaban J connectivity index is 0.000000720. The molecule has 1 aliphatic rings. The highest BCUT2D eigenvalue weighted by Gasteiger charge is 2.27. The molecule has 1 aliphatic carbocycles. The van der Waals surface area contributed by atoms with Crippen LogP contribution in [0.3, 0.4) is 0 Å². The number of hydrogen-bond donors (Lipinski definition) is 1. The molecule has 0 radical (unpaired) electrons. The fourth-order valence-corrected chi connectivity index (χ4v) is 1.21. The minimum Gasteiger partial charge on any atom is -0.263 e. The fraction of sp³-hybridized carbons (Fsp3) is 0.714. The molecular formula is C7H11Cl2N3. The summed E-state index contributed by atoms with van der Waals surface area (Å²) in [5.74, 6) is 3.14. The number of aromatic amines is 1. The van der Waals surface area contributed by atoms with Crippen molar-refractivity contribution in [2.24, 2.45) is 0 Å². The minimum atomic E-state index is 0. The van der Waals surface area contributed by atoms with Gasteiger partial charge in [-0.15, -0.1) is 24.0 Å². The van der Waals surface area contributed by atoms with Gasteiger partial charge in [0, 0.05) is 18.2 Å². The van der Waals surface area contributed by atoms with Crippen molar-refractivity contribution in [1.29, 1.82) is 0 Å². The highest BCUT2D eigenvalue weighted by molar-refractivity contribution is 6.17. The van der Waals surface area contributed by atoms with E-state index in [0.717, 1.165) is 18.1 Å². The van der Waals surface area contributed by atoms with Gasteiger partial charge in [-0.25, -0.2) is 4.98 Å². The third-order valence-corrected chi connectivity index (χ3v) is 2.01. The minimum absolute atomic E-state index is 0. The van der Waals surface area contributed by atoms with Gasteiger partial charge in [-0.05, 0) is 12.8 Å². The molecule has 0 aliphatic heterocycles. The van der Waals surface area contributed by atoms with Crippen LogP contribution in [0, 0.1) is 0 Å². The van der Waals surface area contributed by atoms with E-state index in [1.807, 2.05) is 0 Å². The lowest BCUT2D eigenvalue weighted by molar-refractivity contribution is 0.930. The molecule has 2 rings (SSSR count). The van der Waals surface area contributed by atoms with Crippen molar-refractivity contribution in [2.45, 2.75) is 25.2 Å². The average Bonchev–Trinajstić information content (AvgIpc) is 2.75. The number of alkyl halides is 1. The van der Waals surface area contributed by atoms with E-state index in [1.165, 1.54) is 12.8 Å². The van der Waals surface area contributed by atoms with E-state index in [4.69, 9.17) is 11.6 Å². The number of halogens is 2. The molecule has 1 heterocycles. The Hall–Kier alpha value is -0.280. The van der Waals surface area contributed by atoms with Crippen LogP contribution in [0.15, 0.2) is 0 Å². The predicted octanol–water partition coefficient (Wildman–Crippen LogP) is 1.89.